The van der Waals surface area contributed by atoms with Crippen LogP contribution in [0, 0.1) is 0 Å². The van der Waals surface area contributed by atoms with E-state index in [0.29, 0.717) is 11.4 Å². The third-order valence-electron chi connectivity index (χ3n) is 2.04. The number of ether oxygens (including phenoxy) is 1. The van der Waals surface area contributed by atoms with Gasteiger partial charge in [-0.25, -0.2) is 4.79 Å². The van der Waals surface area contributed by atoms with Gasteiger partial charge < -0.3 is 9.84 Å². The van der Waals surface area contributed by atoms with Gasteiger partial charge in [0.15, 0.2) is 0 Å². The molecule has 1 aromatic heterocycles. The van der Waals surface area contributed by atoms with Crippen LogP contribution < -0.4 is 10.4 Å². The number of nitrogens with one attached hydrogen (secondary N) is 1. The number of benzene rings is 1. The van der Waals surface area contributed by atoms with Crippen LogP contribution >= 0.6 is 0 Å². The zero-order chi connectivity index (χ0) is 10.8. The fourth-order valence-electron chi connectivity index (χ4n) is 1.34. The van der Waals surface area contributed by atoms with Gasteiger partial charge in [0.05, 0.1) is 19.0 Å². The summed E-state index contributed by atoms with van der Waals surface area (Å²) in [5.74, 6) is 0.489. The second-order valence-corrected chi connectivity index (χ2v) is 3.02. The second kappa shape index (κ2) is 3.53. The van der Waals surface area contributed by atoms with E-state index in [1.807, 2.05) is 0 Å². The highest BCUT2D eigenvalue weighted by Gasteiger charge is 2.04. The van der Waals surface area contributed by atoms with Crippen molar-refractivity contribution >= 4 is 0 Å². The minimum Gasteiger partial charge on any atom is -0.497 e. The van der Waals surface area contributed by atoms with Crippen LogP contribution in [0.25, 0.3) is 5.69 Å². The van der Waals surface area contributed by atoms with E-state index in [1.54, 1.807) is 31.4 Å². The molecule has 0 saturated heterocycles. The minimum atomic E-state index is -0.388. The van der Waals surface area contributed by atoms with Gasteiger partial charge in [0.1, 0.15) is 5.75 Å². The molecule has 2 N–H and O–H groups in total. The van der Waals surface area contributed by atoms with Gasteiger partial charge >= 0.3 is 5.69 Å². The largest absolute Gasteiger partial charge is 0.497 e. The Kier molecular flexibility index (Phi) is 2.21. The van der Waals surface area contributed by atoms with Gasteiger partial charge in [-0.1, -0.05) is 6.07 Å². The highest BCUT2D eigenvalue weighted by molar-refractivity contribution is 5.39. The Labute approximate surface area is 85.6 Å². The lowest BCUT2D eigenvalue weighted by atomic mass is 10.3. The third-order valence-corrected chi connectivity index (χ3v) is 2.04. The van der Waals surface area contributed by atoms with E-state index in [2.05, 4.69) is 4.98 Å². The molecule has 0 bridgehead atoms. The number of H-pyrrole nitrogens is 1. The first kappa shape index (κ1) is 9.39. The average Bonchev–Trinajstić information content (AvgIpc) is 2.58. The second-order valence-electron chi connectivity index (χ2n) is 3.02. The average molecular weight is 206 g/mol. The molecule has 1 aromatic carbocycles. The van der Waals surface area contributed by atoms with Crippen molar-refractivity contribution in [3.8, 4) is 17.3 Å². The van der Waals surface area contributed by atoms with E-state index in [1.165, 1.54) is 10.8 Å². The monoisotopic (exact) mass is 206 g/mol. The van der Waals surface area contributed by atoms with Gasteiger partial charge in [-0.2, -0.15) is 0 Å². The van der Waals surface area contributed by atoms with Gasteiger partial charge in [-0.15, -0.1) is 0 Å². The number of imidazole rings is 1. The summed E-state index contributed by atoms with van der Waals surface area (Å²) >= 11 is 0. The molecule has 0 aliphatic carbocycles. The molecule has 0 amide bonds. The summed E-state index contributed by atoms with van der Waals surface area (Å²) in [6.07, 6.45) is 1.32. The van der Waals surface area contributed by atoms with Gasteiger partial charge in [0.2, 0.25) is 5.88 Å². The molecule has 0 unspecified atom stereocenters. The van der Waals surface area contributed by atoms with Crippen LogP contribution in [-0.4, -0.2) is 21.8 Å². The highest BCUT2D eigenvalue weighted by atomic mass is 16.5. The van der Waals surface area contributed by atoms with Crippen molar-refractivity contribution in [2.45, 2.75) is 0 Å². The van der Waals surface area contributed by atoms with Gasteiger partial charge in [-0.3, -0.25) is 9.55 Å². The minimum absolute atomic E-state index is 0.164. The summed E-state index contributed by atoms with van der Waals surface area (Å²) in [5.41, 5.74) is 0.247. The van der Waals surface area contributed by atoms with Gasteiger partial charge in [0.25, 0.3) is 0 Å². The molecule has 0 radical (unpaired) electrons. The third kappa shape index (κ3) is 1.71. The number of aromatic amines is 1. The first-order chi connectivity index (χ1) is 7.20. The van der Waals surface area contributed by atoms with E-state index >= 15 is 0 Å². The quantitative estimate of drug-likeness (QED) is 0.766. The smallest absolute Gasteiger partial charge is 0.332 e. The molecular weight excluding hydrogens is 196 g/mol. The van der Waals surface area contributed by atoms with E-state index < -0.39 is 0 Å². The first-order valence-electron chi connectivity index (χ1n) is 4.36. The number of hydrogen-bond acceptors (Lipinski definition) is 3. The first-order valence-corrected chi connectivity index (χ1v) is 4.36. The van der Waals surface area contributed by atoms with E-state index in [-0.39, 0.29) is 11.6 Å². The summed E-state index contributed by atoms with van der Waals surface area (Å²) in [7, 11) is 1.55. The Morgan fingerprint density at radius 3 is 2.87 bits per heavy atom. The lowest BCUT2D eigenvalue weighted by Gasteiger charge is -2.03. The fraction of sp³-hybridized carbons (Fsp3) is 0.100. The summed E-state index contributed by atoms with van der Waals surface area (Å²) in [4.78, 5) is 13.6. The molecule has 1 heterocycles. The SMILES string of the molecule is COc1cccc(-n2cc(O)[nH]c2=O)c1. The van der Waals surface area contributed by atoms with Crippen molar-refractivity contribution in [1.29, 1.82) is 0 Å². The van der Waals surface area contributed by atoms with Crippen molar-refractivity contribution in [2.24, 2.45) is 0 Å². The van der Waals surface area contributed by atoms with Crippen molar-refractivity contribution in [3.63, 3.8) is 0 Å². The summed E-state index contributed by atoms with van der Waals surface area (Å²) in [6.45, 7) is 0. The zero-order valence-electron chi connectivity index (χ0n) is 8.10. The molecule has 5 nitrogen and oxygen atoms in total. The van der Waals surface area contributed by atoms with Crippen LogP contribution in [0.4, 0.5) is 0 Å². The zero-order valence-corrected chi connectivity index (χ0v) is 8.10. The van der Waals surface area contributed by atoms with Gasteiger partial charge in [0, 0.05) is 6.07 Å². The van der Waals surface area contributed by atoms with Crippen LogP contribution in [0.3, 0.4) is 0 Å². The van der Waals surface area contributed by atoms with Crippen LogP contribution in [0.5, 0.6) is 11.6 Å². The Hall–Kier alpha value is -2.17. The molecule has 0 aliphatic rings. The number of methoxy groups -OCH3 is 1. The topological polar surface area (TPSA) is 67.2 Å². The predicted octanol–water partition coefficient (Wildman–Crippen LogP) is 0.880. The van der Waals surface area contributed by atoms with Crippen molar-refractivity contribution in [3.05, 3.63) is 40.9 Å². The highest BCUT2D eigenvalue weighted by Crippen LogP contribution is 2.15. The Morgan fingerprint density at radius 1 is 1.47 bits per heavy atom. The normalized spacial score (nSPS) is 10.2. The fourth-order valence-corrected chi connectivity index (χ4v) is 1.34. The van der Waals surface area contributed by atoms with Gasteiger partial charge in [-0.05, 0) is 12.1 Å². The van der Waals surface area contributed by atoms with E-state index in [9.17, 15) is 4.79 Å². The molecule has 5 heteroatoms. The molecule has 15 heavy (non-hydrogen) atoms. The standard InChI is InChI=1S/C10H10N2O3/c1-15-8-4-2-3-7(5-8)12-6-9(13)11-10(12)14/h2-6,13H,1H3,(H,11,14). The molecule has 2 aromatic rings. The lowest BCUT2D eigenvalue weighted by Crippen LogP contribution is -2.13. The summed E-state index contributed by atoms with van der Waals surface area (Å²) in [5, 5.41) is 9.11. The maximum atomic E-state index is 11.3. The number of aromatic nitrogens is 2. The van der Waals surface area contributed by atoms with Crippen molar-refractivity contribution < 1.29 is 9.84 Å². The Morgan fingerprint density at radius 2 is 2.27 bits per heavy atom. The summed E-state index contributed by atoms with van der Waals surface area (Å²) < 4.78 is 6.34. The Balaban J connectivity index is 2.53. The Bertz CT molecular complexity index is 527. The van der Waals surface area contributed by atoms with Crippen LogP contribution in [-0.2, 0) is 0 Å². The maximum Gasteiger partial charge on any atom is 0.332 e. The molecule has 2 rings (SSSR count). The molecule has 0 saturated carbocycles. The number of hydrogen-bond donors (Lipinski definition) is 2. The number of aromatic hydroxyl groups is 1. The van der Waals surface area contributed by atoms with Crippen LogP contribution in [0.15, 0.2) is 35.3 Å². The number of nitrogens with zero attached hydrogens (tertiary/aromatic N) is 1. The van der Waals surface area contributed by atoms with Crippen molar-refractivity contribution in [1.82, 2.24) is 9.55 Å². The predicted molar refractivity (Wildman–Crippen MR) is 54.6 cm³/mol. The molecule has 0 atom stereocenters. The molecule has 0 spiro atoms. The number of rotatable bonds is 2. The van der Waals surface area contributed by atoms with E-state index in [0.717, 1.165) is 0 Å². The molecular formula is C10H10N2O3. The van der Waals surface area contributed by atoms with Crippen LogP contribution in [0.2, 0.25) is 0 Å². The molecule has 0 aliphatic heterocycles. The molecule has 78 valence electrons. The van der Waals surface area contributed by atoms with Crippen molar-refractivity contribution in [2.75, 3.05) is 7.11 Å². The lowest BCUT2D eigenvalue weighted by molar-refractivity contribution is 0.414. The van der Waals surface area contributed by atoms with Crippen LogP contribution in [0.1, 0.15) is 0 Å². The summed E-state index contributed by atoms with van der Waals surface area (Å²) in [6, 6.07) is 7.00. The molecule has 0 fully saturated rings. The van der Waals surface area contributed by atoms with E-state index in [4.69, 9.17) is 9.84 Å². The maximum absolute atomic E-state index is 11.3.